The molecular formula is C17H13Cl2N3OS. The fourth-order valence-corrected chi connectivity index (χ4v) is 3.80. The third-order valence-corrected chi connectivity index (χ3v) is 4.95. The molecule has 3 aromatic rings. The average molecular weight is 378 g/mol. The maximum atomic E-state index is 12.1. The Bertz CT molecular complexity index is 832. The number of aromatic nitrogens is 2. The second-order valence-corrected chi connectivity index (χ2v) is 6.97. The number of amides is 1. The maximum absolute atomic E-state index is 12.1. The highest BCUT2D eigenvalue weighted by Crippen LogP contribution is 2.36. The monoisotopic (exact) mass is 377 g/mol. The Balaban J connectivity index is 1.65. The van der Waals surface area contributed by atoms with E-state index in [2.05, 4.69) is 15.3 Å². The largest absolute Gasteiger partial charge is 0.352 e. The molecule has 0 fully saturated rings. The van der Waals surface area contributed by atoms with Gasteiger partial charge in [-0.15, -0.1) is 11.3 Å². The molecule has 0 bridgehead atoms. The van der Waals surface area contributed by atoms with Crippen LogP contribution >= 0.6 is 34.5 Å². The minimum absolute atomic E-state index is 0.0627. The summed E-state index contributed by atoms with van der Waals surface area (Å²) in [7, 11) is 0. The van der Waals surface area contributed by atoms with Crippen LogP contribution in [-0.4, -0.2) is 15.9 Å². The summed E-state index contributed by atoms with van der Waals surface area (Å²) in [4.78, 5) is 21.2. The Morgan fingerprint density at radius 1 is 1.12 bits per heavy atom. The molecule has 0 aliphatic carbocycles. The van der Waals surface area contributed by atoms with Gasteiger partial charge in [0.15, 0.2) is 0 Å². The van der Waals surface area contributed by atoms with Gasteiger partial charge >= 0.3 is 0 Å². The number of nitrogens with zero attached hydrogens (tertiary/aromatic N) is 2. The van der Waals surface area contributed by atoms with Crippen molar-refractivity contribution in [2.75, 3.05) is 0 Å². The predicted octanol–water partition coefficient (Wildman–Crippen LogP) is 4.37. The van der Waals surface area contributed by atoms with E-state index < -0.39 is 0 Å². The summed E-state index contributed by atoms with van der Waals surface area (Å²) in [6, 6.07) is 9.06. The van der Waals surface area contributed by atoms with Crippen molar-refractivity contribution in [3.8, 4) is 10.6 Å². The molecule has 1 aromatic carbocycles. The van der Waals surface area contributed by atoms with Crippen LogP contribution in [0.25, 0.3) is 10.6 Å². The number of hydrogen-bond acceptors (Lipinski definition) is 4. The van der Waals surface area contributed by atoms with Crippen molar-refractivity contribution in [1.29, 1.82) is 0 Å². The summed E-state index contributed by atoms with van der Waals surface area (Å²) >= 11 is 13.8. The predicted molar refractivity (Wildman–Crippen MR) is 97.4 cm³/mol. The van der Waals surface area contributed by atoms with Crippen LogP contribution in [0, 0.1) is 0 Å². The first kappa shape index (κ1) is 16.9. The highest BCUT2D eigenvalue weighted by molar-refractivity contribution is 7.15. The first-order chi connectivity index (χ1) is 11.6. The summed E-state index contributed by atoms with van der Waals surface area (Å²) in [5, 5.41) is 4.68. The highest BCUT2D eigenvalue weighted by atomic mass is 35.5. The highest BCUT2D eigenvalue weighted by Gasteiger charge is 2.14. The molecule has 2 aromatic heterocycles. The van der Waals surface area contributed by atoms with Crippen LogP contribution in [0.2, 0.25) is 10.0 Å². The number of halogens is 2. The first-order valence-corrected chi connectivity index (χ1v) is 8.75. The van der Waals surface area contributed by atoms with Crippen LogP contribution in [0.15, 0.2) is 48.9 Å². The molecule has 0 radical (unpaired) electrons. The topological polar surface area (TPSA) is 54.9 Å². The lowest BCUT2D eigenvalue weighted by Gasteiger charge is -2.04. The molecule has 0 aliphatic heterocycles. The molecule has 1 N–H and O–H groups in total. The van der Waals surface area contributed by atoms with Gasteiger partial charge in [-0.05, 0) is 29.8 Å². The van der Waals surface area contributed by atoms with Crippen molar-refractivity contribution >= 4 is 40.4 Å². The van der Waals surface area contributed by atoms with Crippen LogP contribution in [0.1, 0.15) is 10.4 Å². The van der Waals surface area contributed by atoms with Gasteiger partial charge in [0.2, 0.25) is 5.91 Å². The zero-order chi connectivity index (χ0) is 16.9. The van der Waals surface area contributed by atoms with E-state index in [0.29, 0.717) is 27.2 Å². The van der Waals surface area contributed by atoms with Crippen molar-refractivity contribution in [2.45, 2.75) is 13.0 Å². The quantitative estimate of drug-likeness (QED) is 0.717. The number of rotatable bonds is 5. The summed E-state index contributed by atoms with van der Waals surface area (Å²) in [5.41, 5.74) is 1.71. The third-order valence-electron chi connectivity index (χ3n) is 3.30. The smallest absolute Gasteiger partial charge is 0.225 e. The Morgan fingerprint density at radius 2 is 1.83 bits per heavy atom. The number of hydrogen-bond donors (Lipinski definition) is 1. The summed E-state index contributed by atoms with van der Waals surface area (Å²) < 4.78 is 0. The number of benzene rings is 1. The van der Waals surface area contributed by atoms with Gasteiger partial charge in [0.05, 0.1) is 16.5 Å². The van der Waals surface area contributed by atoms with Crippen LogP contribution in [-0.2, 0) is 17.8 Å². The number of carbonyl (C=O) groups is 1. The van der Waals surface area contributed by atoms with E-state index in [1.807, 2.05) is 12.1 Å². The van der Waals surface area contributed by atoms with Gasteiger partial charge in [0, 0.05) is 35.6 Å². The molecule has 2 heterocycles. The summed E-state index contributed by atoms with van der Waals surface area (Å²) in [5.74, 6) is -0.0627. The fourth-order valence-electron chi connectivity index (χ4n) is 2.13. The van der Waals surface area contributed by atoms with Crippen molar-refractivity contribution in [2.24, 2.45) is 0 Å². The lowest BCUT2D eigenvalue weighted by atomic mass is 10.2. The Labute approximate surface area is 153 Å². The number of nitrogens with one attached hydrogen (secondary N) is 1. The zero-order valence-corrected chi connectivity index (χ0v) is 14.8. The van der Waals surface area contributed by atoms with Gasteiger partial charge in [-0.3, -0.25) is 9.78 Å². The van der Waals surface area contributed by atoms with E-state index >= 15 is 0 Å². The van der Waals surface area contributed by atoms with Crippen molar-refractivity contribution in [3.63, 3.8) is 0 Å². The molecule has 0 saturated carbocycles. The molecule has 24 heavy (non-hydrogen) atoms. The molecule has 0 aliphatic rings. The van der Waals surface area contributed by atoms with Crippen LogP contribution < -0.4 is 5.32 Å². The van der Waals surface area contributed by atoms with Gasteiger partial charge in [-0.2, -0.15) is 0 Å². The van der Waals surface area contributed by atoms with E-state index in [9.17, 15) is 4.79 Å². The molecule has 122 valence electrons. The lowest BCUT2D eigenvalue weighted by molar-refractivity contribution is -0.120. The van der Waals surface area contributed by atoms with Gasteiger partial charge in [0.25, 0.3) is 0 Å². The molecule has 7 heteroatoms. The minimum atomic E-state index is -0.0627. The molecule has 0 saturated heterocycles. The molecule has 3 rings (SSSR count). The second kappa shape index (κ2) is 7.75. The van der Waals surface area contributed by atoms with Crippen molar-refractivity contribution in [3.05, 3.63) is 69.4 Å². The zero-order valence-electron chi connectivity index (χ0n) is 12.5. The van der Waals surface area contributed by atoms with E-state index in [1.165, 1.54) is 11.3 Å². The standard InChI is InChI=1S/C17H13Cl2N3OS/c18-13-2-1-3-14(19)16(13)17-22-10-12(24-17)8-15(23)21-9-11-4-6-20-7-5-11/h1-7,10H,8-9H2,(H,21,23). The van der Waals surface area contributed by atoms with E-state index in [4.69, 9.17) is 23.2 Å². The molecule has 0 unspecified atom stereocenters. The van der Waals surface area contributed by atoms with E-state index in [0.717, 1.165) is 10.4 Å². The SMILES string of the molecule is O=C(Cc1cnc(-c2c(Cl)cccc2Cl)s1)NCc1ccncc1. The van der Waals surface area contributed by atoms with E-state index in [-0.39, 0.29) is 12.3 Å². The lowest BCUT2D eigenvalue weighted by Crippen LogP contribution is -2.24. The van der Waals surface area contributed by atoms with Crippen LogP contribution in [0.4, 0.5) is 0 Å². The average Bonchev–Trinajstić information content (AvgIpc) is 3.02. The number of thiazole rings is 1. The van der Waals surface area contributed by atoms with Crippen molar-refractivity contribution < 1.29 is 4.79 Å². The Kier molecular flexibility index (Phi) is 5.45. The fraction of sp³-hybridized carbons (Fsp3) is 0.118. The molecule has 0 atom stereocenters. The second-order valence-electron chi connectivity index (χ2n) is 5.04. The number of pyridine rings is 1. The first-order valence-electron chi connectivity index (χ1n) is 7.18. The van der Waals surface area contributed by atoms with Gasteiger partial charge in [0.1, 0.15) is 5.01 Å². The minimum Gasteiger partial charge on any atom is -0.352 e. The third kappa shape index (κ3) is 4.12. The maximum Gasteiger partial charge on any atom is 0.225 e. The van der Waals surface area contributed by atoms with E-state index in [1.54, 1.807) is 36.8 Å². The van der Waals surface area contributed by atoms with Crippen LogP contribution in [0.5, 0.6) is 0 Å². The van der Waals surface area contributed by atoms with Gasteiger partial charge in [-0.25, -0.2) is 4.98 Å². The molecule has 4 nitrogen and oxygen atoms in total. The van der Waals surface area contributed by atoms with Gasteiger partial charge in [-0.1, -0.05) is 29.3 Å². The molecule has 1 amide bonds. The normalized spacial score (nSPS) is 10.6. The van der Waals surface area contributed by atoms with Crippen LogP contribution in [0.3, 0.4) is 0 Å². The summed E-state index contributed by atoms with van der Waals surface area (Å²) in [6.07, 6.45) is 5.35. The Morgan fingerprint density at radius 3 is 2.54 bits per heavy atom. The van der Waals surface area contributed by atoms with Gasteiger partial charge < -0.3 is 5.32 Å². The van der Waals surface area contributed by atoms with Crippen molar-refractivity contribution in [1.82, 2.24) is 15.3 Å². The molecule has 0 spiro atoms. The number of carbonyl (C=O) groups excluding carboxylic acids is 1. The Hall–Kier alpha value is -1.95. The summed E-state index contributed by atoms with van der Waals surface area (Å²) in [6.45, 7) is 0.476. The molecular weight excluding hydrogens is 365 g/mol.